The van der Waals surface area contributed by atoms with E-state index in [0.717, 1.165) is 0 Å². The average Bonchev–Trinajstić information content (AvgIpc) is 2.32. The molecule has 0 fully saturated rings. The van der Waals surface area contributed by atoms with Crippen LogP contribution in [-0.2, 0) is 9.47 Å². The van der Waals surface area contributed by atoms with Crippen LogP contribution < -0.4 is 5.73 Å². The second-order valence-electron chi connectivity index (χ2n) is 3.18. The van der Waals surface area contributed by atoms with Crippen LogP contribution in [0, 0.1) is 0 Å². The summed E-state index contributed by atoms with van der Waals surface area (Å²) >= 11 is 5.86. The van der Waals surface area contributed by atoms with E-state index < -0.39 is 5.97 Å². The minimum absolute atomic E-state index is 0.0605. The molecule has 1 aromatic rings. The zero-order valence-electron chi connectivity index (χ0n) is 9.19. The van der Waals surface area contributed by atoms with Crippen molar-refractivity contribution in [1.82, 2.24) is 0 Å². The zero-order valence-corrected chi connectivity index (χ0v) is 9.94. The number of carbonyl (C=O) groups is 1. The number of aliphatic hydroxyl groups excluding tert-OH is 1. The molecule has 0 saturated carbocycles. The number of hydrogen-bond acceptors (Lipinski definition) is 5. The summed E-state index contributed by atoms with van der Waals surface area (Å²) in [7, 11) is 0. The molecule has 0 radical (unpaired) electrons. The first-order chi connectivity index (χ1) is 8.16. The van der Waals surface area contributed by atoms with Gasteiger partial charge in [0.2, 0.25) is 0 Å². The SMILES string of the molecule is Nc1cccc(C(=O)OCCOCCO)c1Cl. The molecule has 0 aliphatic carbocycles. The summed E-state index contributed by atoms with van der Waals surface area (Å²) in [4.78, 5) is 11.6. The van der Waals surface area contributed by atoms with Crippen molar-refractivity contribution < 1.29 is 19.4 Å². The molecular formula is C11H14ClNO4. The lowest BCUT2D eigenvalue weighted by molar-refractivity contribution is 0.0258. The first-order valence-corrected chi connectivity index (χ1v) is 5.44. The number of anilines is 1. The van der Waals surface area contributed by atoms with Gasteiger partial charge < -0.3 is 20.3 Å². The highest BCUT2D eigenvalue weighted by atomic mass is 35.5. The first-order valence-electron chi connectivity index (χ1n) is 5.06. The van der Waals surface area contributed by atoms with Crippen LogP contribution in [0.5, 0.6) is 0 Å². The van der Waals surface area contributed by atoms with Crippen molar-refractivity contribution in [2.75, 3.05) is 32.2 Å². The molecule has 0 saturated heterocycles. The van der Waals surface area contributed by atoms with Crippen LogP contribution in [0.15, 0.2) is 18.2 Å². The highest BCUT2D eigenvalue weighted by Gasteiger charge is 2.13. The molecule has 0 amide bonds. The Bertz CT molecular complexity index is 384. The van der Waals surface area contributed by atoms with E-state index >= 15 is 0 Å². The molecule has 0 bridgehead atoms. The van der Waals surface area contributed by atoms with Crippen molar-refractivity contribution in [1.29, 1.82) is 0 Å². The summed E-state index contributed by atoms with van der Waals surface area (Å²) in [6.45, 7) is 0.488. The molecule has 5 nitrogen and oxygen atoms in total. The highest BCUT2D eigenvalue weighted by Crippen LogP contribution is 2.23. The number of halogens is 1. The van der Waals surface area contributed by atoms with E-state index in [1.54, 1.807) is 12.1 Å². The highest BCUT2D eigenvalue weighted by molar-refractivity contribution is 6.36. The maximum absolute atomic E-state index is 11.6. The zero-order chi connectivity index (χ0) is 12.7. The number of rotatable bonds is 6. The molecule has 0 aliphatic heterocycles. The summed E-state index contributed by atoms with van der Waals surface area (Å²) in [5, 5.41) is 8.64. The lowest BCUT2D eigenvalue weighted by Crippen LogP contribution is -2.12. The van der Waals surface area contributed by atoms with Gasteiger partial charge in [0.05, 0.1) is 36.1 Å². The Morgan fingerprint density at radius 2 is 2.12 bits per heavy atom. The molecule has 0 aromatic heterocycles. The van der Waals surface area contributed by atoms with Gasteiger partial charge in [-0.2, -0.15) is 0 Å². The Hall–Kier alpha value is -1.30. The van der Waals surface area contributed by atoms with Gasteiger partial charge in [-0.15, -0.1) is 0 Å². The number of nitrogens with two attached hydrogens (primary N) is 1. The van der Waals surface area contributed by atoms with Gasteiger partial charge in [0.25, 0.3) is 0 Å². The summed E-state index contributed by atoms with van der Waals surface area (Å²) in [6.07, 6.45) is 0. The normalized spacial score (nSPS) is 10.2. The minimum atomic E-state index is -0.546. The standard InChI is InChI=1S/C11H14ClNO4/c12-10-8(2-1-3-9(10)13)11(15)17-7-6-16-5-4-14/h1-3,14H,4-7,13H2. The number of nitrogen functional groups attached to an aromatic ring is 1. The Morgan fingerprint density at radius 1 is 1.35 bits per heavy atom. The van der Waals surface area contributed by atoms with E-state index in [2.05, 4.69) is 0 Å². The first kappa shape index (κ1) is 13.8. The molecule has 94 valence electrons. The van der Waals surface area contributed by atoms with Crippen LogP contribution in [0.2, 0.25) is 5.02 Å². The predicted octanol–water partition coefficient (Wildman–Crippen LogP) is 1.09. The second kappa shape index (κ2) is 7.11. The predicted molar refractivity (Wildman–Crippen MR) is 64.1 cm³/mol. The molecule has 0 atom stereocenters. The molecule has 0 spiro atoms. The van der Waals surface area contributed by atoms with Crippen molar-refractivity contribution in [2.24, 2.45) is 0 Å². The van der Waals surface area contributed by atoms with Gasteiger partial charge in [-0.25, -0.2) is 4.79 Å². The van der Waals surface area contributed by atoms with Crippen molar-refractivity contribution in [3.8, 4) is 0 Å². The van der Waals surface area contributed by atoms with Gasteiger partial charge >= 0.3 is 5.97 Å². The smallest absolute Gasteiger partial charge is 0.339 e. The summed E-state index contributed by atoms with van der Waals surface area (Å²) in [5.41, 5.74) is 6.12. The summed E-state index contributed by atoms with van der Waals surface area (Å²) < 4.78 is 9.86. The van der Waals surface area contributed by atoms with Gasteiger partial charge in [-0.3, -0.25) is 0 Å². The molecule has 6 heteroatoms. The van der Waals surface area contributed by atoms with Crippen molar-refractivity contribution >= 4 is 23.3 Å². The molecular weight excluding hydrogens is 246 g/mol. The monoisotopic (exact) mass is 259 g/mol. The fourth-order valence-electron chi connectivity index (χ4n) is 1.15. The Morgan fingerprint density at radius 3 is 2.82 bits per heavy atom. The fraction of sp³-hybridized carbons (Fsp3) is 0.364. The number of ether oxygens (including phenoxy) is 2. The van der Waals surface area contributed by atoms with Gasteiger partial charge in [0, 0.05) is 0 Å². The van der Waals surface area contributed by atoms with Crippen molar-refractivity contribution in [3.05, 3.63) is 28.8 Å². The van der Waals surface area contributed by atoms with E-state index in [0.29, 0.717) is 5.69 Å². The number of aliphatic hydroxyl groups is 1. The summed E-state index contributed by atoms with van der Waals surface area (Å²) in [5.74, 6) is -0.546. The van der Waals surface area contributed by atoms with Crippen LogP contribution in [0.25, 0.3) is 0 Å². The Labute approximate surface area is 104 Å². The van der Waals surface area contributed by atoms with Crippen molar-refractivity contribution in [2.45, 2.75) is 0 Å². The van der Waals surface area contributed by atoms with E-state index in [9.17, 15) is 4.79 Å². The topological polar surface area (TPSA) is 81.8 Å². The lowest BCUT2D eigenvalue weighted by Gasteiger charge is -2.07. The molecule has 1 aromatic carbocycles. The molecule has 1 rings (SSSR count). The molecule has 17 heavy (non-hydrogen) atoms. The summed E-state index contributed by atoms with van der Waals surface area (Å²) in [6, 6.07) is 4.76. The quantitative estimate of drug-likeness (QED) is 0.454. The minimum Gasteiger partial charge on any atom is -0.460 e. The number of esters is 1. The Kier molecular flexibility index (Phi) is 5.76. The van der Waals surface area contributed by atoms with Crippen LogP contribution in [0.4, 0.5) is 5.69 Å². The fourth-order valence-corrected chi connectivity index (χ4v) is 1.35. The van der Waals surface area contributed by atoms with Crippen LogP contribution >= 0.6 is 11.6 Å². The maximum atomic E-state index is 11.6. The molecule has 3 N–H and O–H groups in total. The van der Waals surface area contributed by atoms with Crippen LogP contribution in [-0.4, -0.2) is 37.5 Å². The second-order valence-corrected chi connectivity index (χ2v) is 3.56. The van der Waals surface area contributed by atoms with E-state index in [4.69, 9.17) is 31.9 Å². The number of hydrogen-bond donors (Lipinski definition) is 2. The maximum Gasteiger partial charge on any atom is 0.339 e. The van der Waals surface area contributed by atoms with Crippen LogP contribution in [0.1, 0.15) is 10.4 Å². The van der Waals surface area contributed by atoms with E-state index in [1.165, 1.54) is 6.07 Å². The molecule has 0 heterocycles. The number of benzene rings is 1. The van der Waals surface area contributed by atoms with Crippen molar-refractivity contribution in [3.63, 3.8) is 0 Å². The van der Waals surface area contributed by atoms with E-state index in [-0.39, 0.29) is 37.0 Å². The van der Waals surface area contributed by atoms with Gasteiger partial charge in [-0.1, -0.05) is 17.7 Å². The third-order valence-electron chi connectivity index (χ3n) is 1.94. The lowest BCUT2D eigenvalue weighted by atomic mass is 10.2. The average molecular weight is 260 g/mol. The third kappa shape index (κ3) is 4.22. The number of carbonyl (C=O) groups excluding carboxylic acids is 1. The van der Waals surface area contributed by atoms with Gasteiger partial charge in [-0.05, 0) is 12.1 Å². The molecule has 0 aliphatic rings. The third-order valence-corrected chi connectivity index (χ3v) is 2.37. The largest absolute Gasteiger partial charge is 0.460 e. The van der Waals surface area contributed by atoms with Gasteiger partial charge in [0.15, 0.2) is 0 Å². The van der Waals surface area contributed by atoms with E-state index in [1.807, 2.05) is 0 Å². The molecule has 0 unspecified atom stereocenters. The van der Waals surface area contributed by atoms with Crippen LogP contribution in [0.3, 0.4) is 0 Å². The Balaban J connectivity index is 2.44. The van der Waals surface area contributed by atoms with Gasteiger partial charge in [0.1, 0.15) is 6.61 Å².